The zero-order valence-corrected chi connectivity index (χ0v) is 14.1. The molecule has 0 bridgehead atoms. The van der Waals surface area contributed by atoms with Crippen LogP contribution in [0.25, 0.3) is 5.82 Å². The molecule has 0 spiro atoms. The Labute approximate surface area is 141 Å². The number of hydrogen-bond donors (Lipinski definition) is 0. The van der Waals surface area contributed by atoms with Crippen LogP contribution in [-0.4, -0.2) is 57.0 Å². The van der Waals surface area contributed by atoms with Gasteiger partial charge in [-0.15, -0.1) is 10.2 Å². The molecule has 2 aromatic rings. The summed E-state index contributed by atoms with van der Waals surface area (Å²) >= 11 is 0. The third kappa shape index (κ3) is 2.86. The molecule has 0 aromatic carbocycles. The molecule has 1 aliphatic carbocycles. The van der Waals surface area contributed by atoms with Crippen LogP contribution in [-0.2, 0) is 4.79 Å². The van der Waals surface area contributed by atoms with E-state index in [1.54, 1.807) is 4.68 Å². The van der Waals surface area contributed by atoms with Crippen LogP contribution >= 0.6 is 0 Å². The predicted octanol–water partition coefficient (Wildman–Crippen LogP) is 1.34. The van der Waals surface area contributed by atoms with Gasteiger partial charge < -0.3 is 9.80 Å². The minimum Gasteiger partial charge on any atom is -0.352 e. The van der Waals surface area contributed by atoms with Crippen LogP contribution in [0.3, 0.4) is 0 Å². The molecule has 0 unspecified atom stereocenters. The van der Waals surface area contributed by atoms with Crippen molar-refractivity contribution in [3.05, 3.63) is 29.6 Å². The number of carbonyl (C=O) groups is 1. The van der Waals surface area contributed by atoms with Gasteiger partial charge in [0, 0.05) is 37.8 Å². The number of aryl methyl sites for hydroxylation is 2. The second kappa shape index (κ2) is 5.89. The summed E-state index contributed by atoms with van der Waals surface area (Å²) in [6.07, 6.45) is 2.14. The first-order chi connectivity index (χ1) is 11.6. The topological polar surface area (TPSA) is 67.2 Å². The van der Waals surface area contributed by atoms with E-state index in [1.165, 1.54) is 0 Å². The molecule has 24 heavy (non-hydrogen) atoms. The summed E-state index contributed by atoms with van der Waals surface area (Å²) in [5, 5.41) is 13.1. The smallest absolute Gasteiger partial charge is 0.225 e. The first-order valence-electron chi connectivity index (χ1n) is 8.53. The molecule has 3 heterocycles. The average molecular weight is 326 g/mol. The van der Waals surface area contributed by atoms with Crippen LogP contribution in [0.1, 0.15) is 24.2 Å². The fourth-order valence-electron chi connectivity index (χ4n) is 3.21. The van der Waals surface area contributed by atoms with Crippen LogP contribution in [0.4, 0.5) is 5.82 Å². The Kier molecular flexibility index (Phi) is 3.70. The van der Waals surface area contributed by atoms with Crippen LogP contribution in [0, 0.1) is 19.8 Å². The van der Waals surface area contributed by atoms with Gasteiger partial charge in [-0.25, -0.2) is 4.68 Å². The first-order valence-corrected chi connectivity index (χ1v) is 8.53. The highest BCUT2D eigenvalue weighted by atomic mass is 16.2. The first kappa shape index (κ1) is 15.1. The Hall–Kier alpha value is -2.44. The van der Waals surface area contributed by atoms with Gasteiger partial charge in [-0.05, 0) is 44.9 Å². The molecule has 126 valence electrons. The minimum absolute atomic E-state index is 0.302. The molecular weight excluding hydrogens is 304 g/mol. The van der Waals surface area contributed by atoms with Gasteiger partial charge >= 0.3 is 0 Å². The Morgan fingerprint density at radius 1 is 1.04 bits per heavy atom. The lowest BCUT2D eigenvalue weighted by Gasteiger charge is -2.35. The summed E-state index contributed by atoms with van der Waals surface area (Å²) in [7, 11) is 0. The fourth-order valence-corrected chi connectivity index (χ4v) is 3.21. The van der Waals surface area contributed by atoms with Gasteiger partial charge in [0.05, 0.1) is 5.69 Å². The van der Waals surface area contributed by atoms with Crippen LogP contribution in [0.2, 0.25) is 0 Å². The molecule has 1 aliphatic heterocycles. The maximum Gasteiger partial charge on any atom is 0.225 e. The molecule has 2 fully saturated rings. The molecule has 2 aromatic heterocycles. The van der Waals surface area contributed by atoms with E-state index in [0.29, 0.717) is 11.8 Å². The van der Waals surface area contributed by atoms with E-state index in [-0.39, 0.29) is 0 Å². The van der Waals surface area contributed by atoms with E-state index in [9.17, 15) is 4.79 Å². The number of piperazine rings is 1. The summed E-state index contributed by atoms with van der Waals surface area (Å²) in [6, 6.07) is 5.95. The molecular formula is C17H22N6O. The number of nitrogens with zero attached hydrogens (tertiary/aromatic N) is 6. The highest BCUT2D eigenvalue weighted by Crippen LogP contribution is 2.31. The van der Waals surface area contributed by atoms with Crippen molar-refractivity contribution in [1.82, 2.24) is 24.9 Å². The zero-order valence-electron chi connectivity index (χ0n) is 14.1. The molecule has 0 atom stereocenters. The summed E-state index contributed by atoms with van der Waals surface area (Å²) in [5.41, 5.74) is 2.01. The SMILES string of the molecule is Cc1cc(C)n(-c2ccc(N3CCN(C(=O)C4CC4)CC3)nn2)n1. The van der Waals surface area contributed by atoms with E-state index < -0.39 is 0 Å². The van der Waals surface area contributed by atoms with Crippen molar-refractivity contribution in [1.29, 1.82) is 0 Å². The van der Waals surface area contributed by atoms with Crippen LogP contribution < -0.4 is 4.90 Å². The number of rotatable bonds is 3. The van der Waals surface area contributed by atoms with Gasteiger partial charge in [-0.2, -0.15) is 5.10 Å². The van der Waals surface area contributed by atoms with Gasteiger partial charge in [-0.1, -0.05) is 0 Å². The summed E-state index contributed by atoms with van der Waals surface area (Å²) in [5.74, 6) is 2.22. The van der Waals surface area contributed by atoms with E-state index >= 15 is 0 Å². The molecule has 0 radical (unpaired) electrons. The second-order valence-corrected chi connectivity index (χ2v) is 6.68. The van der Waals surface area contributed by atoms with Crippen molar-refractivity contribution < 1.29 is 4.79 Å². The minimum atomic E-state index is 0.302. The van der Waals surface area contributed by atoms with E-state index in [4.69, 9.17) is 0 Å². The van der Waals surface area contributed by atoms with Crippen molar-refractivity contribution in [2.45, 2.75) is 26.7 Å². The van der Waals surface area contributed by atoms with Gasteiger partial charge in [0.25, 0.3) is 0 Å². The second-order valence-electron chi connectivity index (χ2n) is 6.68. The molecule has 4 rings (SSSR count). The number of aromatic nitrogens is 4. The Morgan fingerprint density at radius 2 is 1.71 bits per heavy atom. The lowest BCUT2D eigenvalue weighted by molar-refractivity contribution is -0.132. The quantitative estimate of drug-likeness (QED) is 0.851. The third-order valence-electron chi connectivity index (χ3n) is 4.70. The largest absolute Gasteiger partial charge is 0.352 e. The molecule has 0 N–H and O–H groups in total. The van der Waals surface area contributed by atoms with Crippen molar-refractivity contribution >= 4 is 11.7 Å². The number of amides is 1. The number of carbonyl (C=O) groups excluding carboxylic acids is 1. The Balaban J connectivity index is 1.42. The summed E-state index contributed by atoms with van der Waals surface area (Å²) in [4.78, 5) is 16.3. The molecule has 7 nitrogen and oxygen atoms in total. The van der Waals surface area contributed by atoms with Gasteiger partial charge in [-0.3, -0.25) is 4.79 Å². The normalized spacial score (nSPS) is 18.1. The van der Waals surface area contributed by atoms with E-state index in [2.05, 4.69) is 20.2 Å². The standard InChI is InChI=1S/C17H22N6O/c1-12-11-13(2)23(20-12)16-6-5-15(18-19-16)21-7-9-22(10-8-21)17(24)14-3-4-14/h5-6,11,14H,3-4,7-10H2,1-2H3. The van der Waals surface area contributed by atoms with Crippen molar-refractivity contribution in [2.24, 2.45) is 5.92 Å². The van der Waals surface area contributed by atoms with E-state index in [1.807, 2.05) is 36.9 Å². The summed E-state index contributed by atoms with van der Waals surface area (Å²) < 4.78 is 1.80. The molecule has 1 saturated carbocycles. The van der Waals surface area contributed by atoms with Gasteiger partial charge in [0.1, 0.15) is 0 Å². The number of hydrogen-bond acceptors (Lipinski definition) is 5. The van der Waals surface area contributed by atoms with Crippen LogP contribution in [0.5, 0.6) is 0 Å². The van der Waals surface area contributed by atoms with Crippen molar-refractivity contribution in [3.8, 4) is 5.82 Å². The zero-order chi connectivity index (χ0) is 16.7. The fraction of sp³-hybridized carbons (Fsp3) is 0.529. The molecule has 7 heteroatoms. The predicted molar refractivity (Wildman–Crippen MR) is 90.1 cm³/mol. The number of anilines is 1. The monoisotopic (exact) mass is 326 g/mol. The van der Waals surface area contributed by atoms with Gasteiger partial charge in [0.15, 0.2) is 11.6 Å². The third-order valence-corrected chi connectivity index (χ3v) is 4.70. The average Bonchev–Trinajstić information content (AvgIpc) is 3.39. The molecule has 1 saturated heterocycles. The lowest BCUT2D eigenvalue weighted by atomic mass is 10.2. The maximum absolute atomic E-state index is 12.1. The molecule has 2 aliphatic rings. The maximum atomic E-state index is 12.1. The van der Waals surface area contributed by atoms with Crippen molar-refractivity contribution in [2.75, 3.05) is 31.1 Å². The Bertz CT molecular complexity index is 741. The lowest BCUT2D eigenvalue weighted by Crippen LogP contribution is -2.49. The highest BCUT2D eigenvalue weighted by molar-refractivity contribution is 5.81. The highest BCUT2D eigenvalue weighted by Gasteiger charge is 2.34. The van der Waals surface area contributed by atoms with E-state index in [0.717, 1.165) is 62.0 Å². The van der Waals surface area contributed by atoms with Crippen molar-refractivity contribution in [3.63, 3.8) is 0 Å². The molecule has 1 amide bonds. The Morgan fingerprint density at radius 3 is 2.25 bits per heavy atom. The summed E-state index contributed by atoms with van der Waals surface area (Å²) in [6.45, 7) is 7.14. The van der Waals surface area contributed by atoms with Crippen LogP contribution in [0.15, 0.2) is 18.2 Å². The van der Waals surface area contributed by atoms with Gasteiger partial charge in [0.2, 0.25) is 5.91 Å².